The van der Waals surface area contributed by atoms with E-state index in [1.807, 2.05) is 30.0 Å². The van der Waals surface area contributed by atoms with Crippen molar-refractivity contribution in [1.29, 1.82) is 0 Å². The summed E-state index contributed by atoms with van der Waals surface area (Å²) in [4.78, 5) is 43.4. The van der Waals surface area contributed by atoms with Gasteiger partial charge in [0.15, 0.2) is 0 Å². The maximum absolute atomic E-state index is 14.9. The van der Waals surface area contributed by atoms with Crippen LogP contribution < -0.4 is 20.7 Å². The molecule has 0 unspecified atom stereocenters. The van der Waals surface area contributed by atoms with E-state index in [0.29, 0.717) is 29.7 Å². The van der Waals surface area contributed by atoms with Crippen molar-refractivity contribution in [3.05, 3.63) is 77.4 Å². The van der Waals surface area contributed by atoms with Gasteiger partial charge in [0.25, 0.3) is 5.91 Å². The minimum atomic E-state index is -1.18. The number of carbonyl (C=O) groups is 3. The highest BCUT2D eigenvalue weighted by Gasteiger charge is 2.34. The highest BCUT2D eigenvalue weighted by molar-refractivity contribution is 6.01. The molecule has 3 amide bonds. The number of piperidine rings is 1. The fourth-order valence-corrected chi connectivity index (χ4v) is 5.53. The van der Waals surface area contributed by atoms with E-state index < -0.39 is 18.0 Å². The van der Waals surface area contributed by atoms with Gasteiger partial charge in [-0.15, -0.1) is 0 Å². The molecule has 5 N–H and O–H groups in total. The third kappa shape index (κ3) is 6.94. The summed E-state index contributed by atoms with van der Waals surface area (Å²) in [5.74, 6) is -0.689. The smallest absolute Gasteiger partial charge is 0.404 e. The van der Waals surface area contributed by atoms with E-state index in [4.69, 9.17) is 9.84 Å². The van der Waals surface area contributed by atoms with Crippen LogP contribution in [-0.2, 0) is 11.3 Å². The first-order valence-corrected chi connectivity index (χ1v) is 14.3. The lowest BCUT2D eigenvalue weighted by Crippen LogP contribution is -2.56. The molecule has 2 aromatic carbocycles. The molecule has 1 aliphatic heterocycles. The minimum Gasteiger partial charge on any atom is -0.496 e. The van der Waals surface area contributed by atoms with Crippen molar-refractivity contribution in [3.63, 3.8) is 0 Å². The van der Waals surface area contributed by atoms with E-state index in [9.17, 15) is 18.8 Å². The number of aryl methyl sites for hydroxylation is 1. The van der Waals surface area contributed by atoms with Crippen LogP contribution in [0.25, 0.3) is 22.2 Å². The number of methoxy groups -OCH3 is 1. The predicted molar refractivity (Wildman–Crippen MR) is 161 cm³/mol. The summed E-state index contributed by atoms with van der Waals surface area (Å²) in [6.07, 6.45) is 1.44. The van der Waals surface area contributed by atoms with Gasteiger partial charge in [-0.25, -0.2) is 9.18 Å². The second-order valence-corrected chi connectivity index (χ2v) is 10.7. The fraction of sp³-hybridized carbons (Fsp3) is 0.323. The normalized spacial score (nSPS) is 16.8. The molecule has 44 heavy (non-hydrogen) atoms. The van der Waals surface area contributed by atoms with E-state index in [2.05, 4.69) is 31.1 Å². The summed E-state index contributed by atoms with van der Waals surface area (Å²) in [6, 6.07) is 12.7. The molecule has 0 spiro atoms. The van der Waals surface area contributed by atoms with Gasteiger partial charge in [0.1, 0.15) is 17.3 Å². The fourth-order valence-electron chi connectivity index (χ4n) is 5.53. The van der Waals surface area contributed by atoms with Gasteiger partial charge in [0.2, 0.25) is 5.91 Å². The molecule has 4 aromatic rings. The first kappa shape index (κ1) is 30.4. The average Bonchev–Trinajstić information content (AvgIpc) is 3.44. The molecule has 0 bridgehead atoms. The van der Waals surface area contributed by atoms with Gasteiger partial charge in [0.05, 0.1) is 18.7 Å². The van der Waals surface area contributed by atoms with Gasteiger partial charge in [-0.2, -0.15) is 5.10 Å². The molecule has 230 valence electrons. The van der Waals surface area contributed by atoms with Crippen LogP contribution in [0.1, 0.15) is 34.5 Å². The molecule has 1 saturated heterocycles. The lowest BCUT2D eigenvalue weighted by Gasteiger charge is -2.39. The van der Waals surface area contributed by atoms with Crippen LogP contribution in [0.5, 0.6) is 5.75 Å². The number of aromatic nitrogens is 3. The van der Waals surface area contributed by atoms with Gasteiger partial charge in [-0.1, -0.05) is 6.07 Å². The Morgan fingerprint density at radius 2 is 1.93 bits per heavy atom. The number of halogens is 1. The first-order valence-electron chi connectivity index (χ1n) is 14.3. The zero-order valence-electron chi connectivity index (χ0n) is 24.4. The van der Waals surface area contributed by atoms with Crippen molar-refractivity contribution < 1.29 is 28.6 Å². The SMILES string of the molecule is COc1cccc(F)c1CN1C[C@H](NC(=O)c2ccc3[nH]nc(-c4ccnc(C)c4)c3c2)CC[C@H]1C(=O)NCCNC(=O)O. The quantitative estimate of drug-likeness (QED) is 0.173. The number of ether oxygens (including phenoxy) is 1. The van der Waals surface area contributed by atoms with E-state index in [1.54, 1.807) is 30.5 Å². The van der Waals surface area contributed by atoms with E-state index >= 15 is 0 Å². The summed E-state index contributed by atoms with van der Waals surface area (Å²) in [5, 5.41) is 25.1. The molecule has 13 heteroatoms. The van der Waals surface area contributed by atoms with Crippen LogP contribution in [0.15, 0.2) is 54.7 Å². The summed E-state index contributed by atoms with van der Waals surface area (Å²) >= 11 is 0. The number of nitrogens with one attached hydrogen (secondary N) is 4. The van der Waals surface area contributed by atoms with Gasteiger partial charge in [-0.3, -0.25) is 24.6 Å². The zero-order valence-corrected chi connectivity index (χ0v) is 24.4. The highest BCUT2D eigenvalue weighted by atomic mass is 19.1. The Labute approximate surface area is 253 Å². The Hall–Kier alpha value is -5.04. The van der Waals surface area contributed by atoms with E-state index in [1.165, 1.54) is 13.2 Å². The van der Waals surface area contributed by atoms with Crippen molar-refractivity contribution in [2.75, 3.05) is 26.7 Å². The number of hydrogen-bond acceptors (Lipinski definition) is 7. The van der Waals surface area contributed by atoms with Gasteiger partial charge in [-0.05, 0) is 62.2 Å². The molecule has 12 nitrogen and oxygen atoms in total. The number of benzene rings is 2. The third-order valence-electron chi connectivity index (χ3n) is 7.67. The Balaban J connectivity index is 1.33. The van der Waals surface area contributed by atoms with Crippen LogP contribution in [0.4, 0.5) is 9.18 Å². The number of hydrogen-bond donors (Lipinski definition) is 5. The van der Waals surface area contributed by atoms with E-state index in [0.717, 1.165) is 27.9 Å². The predicted octanol–water partition coefficient (Wildman–Crippen LogP) is 3.23. The standard InChI is InChI=1S/C31H34FN7O5/c1-18-14-19(10-11-33-18)28-22-15-20(6-8-25(22)37-38-28)29(40)36-21-7-9-26(30(41)34-12-13-35-31(42)43)39(16-21)17-23-24(32)4-3-5-27(23)44-2/h3-6,8,10-11,14-15,21,26,35H,7,9,12-13,16-17H2,1-2H3,(H,34,41)(H,36,40)(H,37,38)(H,42,43)/t21-,26+/m1/s1. The molecule has 2 atom stereocenters. The number of carbonyl (C=O) groups excluding carboxylic acids is 2. The Kier molecular flexibility index (Phi) is 9.34. The van der Waals surface area contributed by atoms with Gasteiger partial charge >= 0.3 is 6.09 Å². The molecule has 3 heterocycles. The van der Waals surface area contributed by atoms with Gasteiger partial charge < -0.3 is 25.8 Å². The Bertz CT molecular complexity index is 1680. The molecule has 2 aromatic heterocycles. The van der Waals surface area contributed by atoms with Crippen LogP contribution >= 0.6 is 0 Å². The highest BCUT2D eigenvalue weighted by Crippen LogP contribution is 2.29. The number of H-pyrrole nitrogens is 1. The number of rotatable bonds is 10. The Morgan fingerprint density at radius 1 is 1.11 bits per heavy atom. The van der Waals surface area contributed by atoms with Crippen LogP contribution in [0.3, 0.4) is 0 Å². The summed E-state index contributed by atoms with van der Waals surface area (Å²) in [5.41, 5.74) is 4.01. The van der Waals surface area contributed by atoms with Crippen molar-refractivity contribution in [2.24, 2.45) is 0 Å². The molecular formula is C31H34FN7O5. The summed E-state index contributed by atoms with van der Waals surface area (Å²) < 4.78 is 20.3. The first-order chi connectivity index (χ1) is 21.2. The number of aromatic amines is 1. The molecule has 0 saturated carbocycles. The van der Waals surface area contributed by atoms with Crippen molar-refractivity contribution >= 4 is 28.8 Å². The number of pyridine rings is 1. The second kappa shape index (κ2) is 13.5. The number of amides is 3. The number of carboxylic acid groups (broad SMARTS) is 1. The lowest BCUT2D eigenvalue weighted by molar-refractivity contribution is -0.128. The summed E-state index contributed by atoms with van der Waals surface area (Å²) in [7, 11) is 1.45. The third-order valence-corrected chi connectivity index (χ3v) is 7.67. The molecule has 0 aliphatic carbocycles. The van der Waals surface area contributed by atoms with Crippen LogP contribution in [0, 0.1) is 12.7 Å². The number of nitrogens with zero attached hydrogens (tertiary/aromatic N) is 3. The minimum absolute atomic E-state index is 0.0527. The molecular weight excluding hydrogens is 569 g/mol. The molecule has 5 rings (SSSR count). The second-order valence-electron chi connectivity index (χ2n) is 10.7. The molecule has 1 aliphatic rings. The van der Waals surface area contributed by atoms with Crippen molar-refractivity contribution in [2.45, 2.75) is 38.4 Å². The zero-order chi connectivity index (χ0) is 31.2. The van der Waals surface area contributed by atoms with Crippen molar-refractivity contribution in [3.8, 4) is 17.0 Å². The topological polar surface area (TPSA) is 162 Å². The lowest BCUT2D eigenvalue weighted by atomic mass is 9.96. The maximum atomic E-state index is 14.9. The Morgan fingerprint density at radius 3 is 2.70 bits per heavy atom. The van der Waals surface area contributed by atoms with Crippen molar-refractivity contribution in [1.82, 2.24) is 36.0 Å². The average molecular weight is 604 g/mol. The number of likely N-dealkylation sites (tertiary alicyclic amines) is 1. The molecule has 0 radical (unpaired) electrons. The van der Waals surface area contributed by atoms with E-state index in [-0.39, 0.29) is 44.0 Å². The summed E-state index contributed by atoms with van der Waals surface area (Å²) in [6.45, 7) is 2.42. The maximum Gasteiger partial charge on any atom is 0.404 e. The van der Waals surface area contributed by atoms with Crippen LogP contribution in [0.2, 0.25) is 0 Å². The largest absolute Gasteiger partial charge is 0.496 e. The monoisotopic (exact) mass is 603 g/mol. The number of fused-ring (bicyclic) bond motifs is 1. The molecule has 1 fully saturated rings. The van der Waals surface area contributed by atoms with Gasteiger partial charge in [0, 0.05) is 66.2 Å². The van der Waals surface area contributed by atoms with Crippen LogP contribution in [-0.4, -0.2) is 81.9 Å².